The number of benzene rings is 1. The van der Waals surface area contributed by atoms with Crippen LogP contribution in [-0.2, 0) is 6.42 Å². The highest BCUT2D eigenvalue weighted by atomic mass is 16.5. The van der Waals surface area contributed by atoms with Crippen molar-refractivity contribution in [2.45, 2.75) is 31.2 Å². The number of aromatic amines is 1. The third-order valence-electron chi connectivity index (χ3n) is 4.22. The fraction of sp³-hybridized carbons (Fsp3) is 0.375. The maximum absolute atomic E-state index is 11.4. The average molecular weight is 302 g/mol. The minimum Gasteiger partial charge on any atom is -0.465 e. The molecular weight excluding hydrogens is 284 g/mol. The number of hydrogen-bond acceptors (Lipinski definition) is 3. The van der Waals surface area contributed by atoms with Crippen LogP contribution in [0.4, 0.5) is 4.79 Å². The van der Waals surface area contributed by atoms with Crippen molar-refractivity contribution in [1.29, 1.82) is 0 Å². The van der Waals surface area contributed by atoms with Crippen LogP contribution in [0.25, 0.3) is 0 Å². The topological polar surface area (TPSA) is 86.5 Å². The number of nitrogens with one attached hydrogen (secondary N) is 1. The number of amides is 1. The largest absolute Gasteiger partial charge is 0.465 e. The van der Waals surface area contributed by atoms with E-state index < -0.39 is 6.09 Å². The first-order valence-corrected chi connectivity index (χ1v) is 7.35. The molecule has 116 valence electrons. The Bertz CT molecular complexity index is 691. The van der Waals surface area contributed by atoms with Crippen LogP contribution >= 0.6 is 0 Å². The van der Waals surface area contributed by atoms with Crippen molar-refractivity contribution in [3.8, 4) is 0 Å². The molecule has 0 saturated carbocycles. The van der Waals surface area contributed by atoms with Crippen molar-refractivity contribution in [3.05, 3.63) is 58.1 Å². The standard InChI is InChI=1S/C16H18N2O4/c19-15-10-14(22-17-15)12-6-7-18(16(20)21)13(9-12)8-11-4-2-1-3-5-11/h1-5,10,12-13H,6-9H2,(H,17,19)(H,20,21). The lowest BCUT2D eigenvalue weighted by atomic mass is 9.86. The van der Waals surface area contributed by atoms with Gasteiger partial charge in [-0.2, -0.15) is 5.16 Å². The highest BCUT2D eigenvalue weighted by Crippen LogP contribution is 2.32. The van der Waals surface area contributed by atoms with Gasteiger partial charge in [0.05, 0.1) is 0 Å². The van der Waals surface area contributed by atoms with Crippen LogP contribution in [0.1, 0.15) is 30.1 Å². The minimum atomic E-state index is -0.894. The second kappa shape index (κ2) is 6.09. The number of aromatic nitrogens is 1. The molecule has 0 spiro atoms. The third-order valence-corrected chi connectivity index (χ3v) is 4.22. The molecule has 2 heterocycles. The van der Waals surface area contributed by atoms with Gasteiger partial charge in [0.1, 0.15) is 5.76 Å². The Labute approximate surface area is 127 Å². The van der Waals surface area contributed by atoms with E-state index in [-0.39, 0.29) is 17.5 Å². The summed E-state index contributed by atoms with van der Waals surface area (Å²) in [4.78, 5) is 24.2. The lowest BCUT2D eigenvalue weighted by Crippen LogP contribution is -2.46. The molecule has 0 radical (unpaired) electrons. The summed E-state index contributed by atoms with van der Waals surface area (Å²) in [5.74, 6) is 0.691. The van der Waals surface area contributed by atoms with Gasteiger partial charge in [0.2, 0.25) is 0 Å². The number of carbonyl (C=O) groups is 1. The van der Waals surface area contributed by atoms with Crippen LogP contribution in [0.3, 0.4) is 0 Å². The Morgan fingerprint density at radius 1 is 1.36 bits per heavy atom. The van der Waals surface area contributed by atoms with E-state index in [4.69, 9.17) is 4.52 Å². The summed E-state index contributed by atoms with van der Waals surface area (Å²) in [5.41, 5.74) is 0.852. The second-order valence-corrected chi connectivity index (χ2v) is 5.66. The van der Waals surface area contributed by atoms with Crippen LogP contribution in [0.5, 0.6) is 0 Å². The summed E-state index contributed by atoms with van der Waals surface area (Å²) >= 11 is 0. The molecule has 2 N–H and O–H groups in total. The fourth-order valence-corrected chi connectivity index (χ4v) is 3.14. The molecule has 6 nitrogen and oxygen atoms in total. The van der Waals surface area contributed by atoms with E-state index >= 15 is 0 Å². The van der Waals surface area contributed by atoms with Crippen molar-refractivity contribution >= 4 is 6.09 Å². The Morgan fingerprint density at radius 2 is 2.14 bits per heavy atom. The minimum absolute atomic E-state index is 0.0725. The first-order valence-electron chi connectivity index (χ1n) is 7.35. The summed E-state index contributed by atoms with van der Waals surface area (Å²) < 4.78 is 5.19. The van der Waals surface area contributed by atoms with Crippen LogP contribution < -0.4 is 5.56 Å². The molecule has 22 heavy (non-hydrogen) atoms. The van der Waals surface area contributed by atoms with E-state index in [1.54, 1.807) is 0 Å². The van der Waals surface area contributed by atoms with Gasteiger partial charge < -0.3 is 14.5 Å². The van der Waals surface area contributed by atoms with Gasteiger partial charge in [-0.3, -0.25) is 4.79 Å². The lowest BCUT2D eigenvalue weighted by Gasteiger charge is -2.37. The number of likely N-dealkylation sites (tertiary alicyclic amines) is 1. The van der Waals surface area contributed by atoms with E-state index in [0.717, 1.165) is 5.56 Å². The fourth-order valence-electron chi connectivity index (χ4n) is 3.14. The van der Waals surface area contributed by atoms with Gasteiger partial charge in [-0.1, -0.05) is 30.3 Å². The molecule has 1 saturated heterocycles. The molecule has 1 aromatic heterocycles. The van der Waals surface area contributed by atoms with Gasteiger partial charge in [0.25, 0.3) is 5.56 Å². The SMILES string of the molecule is O=C(O)N1CCC(c2cc(=O)[nH]o2)CC1Cc1ccccc1. The molecule has 6 heteroatoms. The first-order chi connectivity index (χ1) is 10.6. The molecule has 1 aliphatic rings. The number of piperidine rings is 1. The van der Waals surface area contributed by atoms with Gasteiger partial charge in [-0.15, -0.1) is 0 Å². The van der Waals surface area contributed by atoms with Gasteiger partial charge >= 0.3 is 6.09 Å². The number of nitrogens with zero attached hydrogens (tertiary/aromatic N) is 1. The van der Waals surface area contributed by atoms with Crippen LogP contribution in [0, 0.1) is 0 Å². The van der Waals surface area contributed by atoms with Gasteiger partial charge in [-0.05, 0) is 24.8 Å². The van der Waals surface area contributed by atoms with Crippen LogP contribution in [-0.4, -0.2) is 33.8 Å². The van der Waals surface area contributed by atoms with Gasteiger partial charge in [0.15, 0.2) is 0 Å². The van der Waals surface area contributed by atoms with Gasteiger partial charge in [0, 0.05) is 24.6 Å². The zero-order valence-corrected chi connectivity index (χ0v) is 12.1. The summed E-state index contributed by atoms with van der Waals surface area (Å²) in [7, 11) is 0. The molecule has 1 fully saturated rings. The van der Waals surface area contributed by atoms with Crippen LogP contribution in [0.2, 0.25) is 0 Å². The lowest BCUT2D eigenvalue weighted by molar-refractivity contribution is 0.0968. The van der Waals surface area contributed by atoms with Crippen molar-refractivity contribution in [2.24, 2.45) is 0 Å². The first kappa shape index (κ1) is 14.4. The molecule has 3 rings (SSSR count). The maximum atomic E-state index is 11.4. The monoisotopic (exact) mass is 302 g/mol. The molecule has 1 aliphatic heterocycles. The van der Waals surface area contributed by atoms with Crippen molar-refractivity contribution < 1.29 is 14.4 Å². The van der Waals surface area contributed by atoms with Crippen molar-refractivity contribution in [1.82, 2.24) is 10.1 Å². The molecule has 1 amide bonds. The van der Waals surface area contributed by atoms with E-state index in [1.165, 1.54) is 11.0 Å². The van der Waals surface area contributed by atoms with E-state index in [0.29, 0.717) is 31.6 Å². The molecule has 1 aromatic carbocycles. The predicted octanol–water partition coefficient (Wildman–Crippen LogP) is 2.44. The Morgan fingerprint density at radius 3 is 2.77 bits per heavy atom. The Hall–Kier alpha value is -2.50. The summed E-state index contributed by atoms with van der Waals surface area (Å²) in [6.45, 7) is 0.451. The molecule has 2 unspecified atom stereocenters. The molecular formula is C16H18N2O4. The number of carboxylic acid groups (broad SMARTS) is 1. The molecule has 2 aromatic rings. The average Bonchev–Trinajstić information content (AvgIpc) is 2.94. The quantitative estimate of drug-likeness (QED) is 0.911. The van der Waals surface area contributed by atoms with Crippen molar-refractivity contribution in [2.75, 3.05) is 6.54 Å². The summed E-state index contributed by atoms with van der Waals surface area (Å²) in [5, 5.41) is 11.7. The maximum Gasteiger partial charge on any atom is 0.407 e. The van der Waals surface area contributed by atoms with Gasteiger partial charge in [-0.25, -0.2) is 4.79 Å². The zero-order valence-electron chi connectivity index (χ0n) is 12.1. The van der Waals surface area contributed by atoms with Crippen molar-refractivity contribution in [3.63, 3.8) is 0 Å². The Balaban J connectivity index is 1.78. The second-order valence-electron chi connectivity index (χ2n) is 5.66. The number of rotatable bonds is 3. The van der Waals surface area contributed by atoms with E-state index in [2.05, 4.69) is 5.16 Å². The zero-order chi connectivity index (χ0) is 15.5. The highest BCUT2D eigenvalue weighted by molar-refractivity contribution is 5.65. The highest BCUT2D eigenvalue weighted by Gasteiger charge is 2.33. The summed E-state index contributed by atoms with van der Waals surface area (Å²) in [6, 6.07) is 11.2. The number of hydrogen-bond donors (Lipinski definition) is 2. The summed E-state index contributed by atoms with van der Waals surface area (Å²) in [6.07, 6.45) is 1.09. The molecule has 0 bridgehead atoms. The van der Waals surface area contributed by atoms with Crippen LogP contribution in [0.15, 0.2) is 45.7 Å². The van der Waals surface area contributed by atoms with E-state index in [1.807, 2.05) is 30.3 Å². The Kier molecular flexibility index (Phi) is 4.00. The number of H-pyrrole nitrogens is 1. The smallest absolute Gasteiger partial charge is 0.407 e. The molecule has 2 atom stereocenters. The normalized spacial score (nSPS) is 21.7. The van der Waals surface area contributed by atoms with E-state index in [9.17, 15) is 14.7 Å². The predicted molar refractivity (Wildman–Crippen MR) is 80.0 cm³/mol. The molecule has 0 aliphatic carbocycles. The third kappa shape index (κ3) is 3.05.